The van der Waals surface area contributed by atoms with Crippen LogP contribution < -0.4 is 0 Å². The molecule has 0 aromatic carbocycles. The summed E-state index contributed by atoms with van der Waals surface area (Å²) in [6.45, 7) is 12.5. The number of allylic oxidation sites excluding steroid dienone is 1. The predicted molar refractivity (Wildman–Crippen MR) is 82.5 cm³/mol. The van der Waals surface area contributed by atoms with Crippen LogP contribution in [0.1, 0.15) is 65.7 Å². The van der Waals surface area contributed by atoms with E-state index in [1.807, 2.05) is 11.8 Å². The lowest BCUT2D eigenvalue weighted by Crippen LogP contribution is -2.00. The summed E-state index contributed by atoms with van der Waals surface area (Å²) in [5.74, 6) is 1.67. The number of rotatable bonds is 11. The molecule has 1 heteroatoms. The average molecular weight is 255 g/mol. The summed E-state index contributed by atoms with van der Waals surface area (Å²) in [7, 11) is 0. The molecule has 0 aromatic heterocycles. The molecule has 0 aliphatic heterocycles. The van der Waals surface area contributed by atoms with Crippen LogP contribution in [0.3, 0.4) is 0 Å². The number of thioether (sulfide) groups is 1. The Labute approximate surface area is 114 Å². The van der Waals surface area contributed by atoms with Crippen molar-refractivity contribution in [1.29, 1.82) is 0 Å². The Bertz CT molecular complexity index is 176. The lowest BCUT2D eigenvalue weighted by Gasteiger charge is -2.14. The minimum absolute atomic E-state index is 0.767. The minimum atomic E-state index is 0.767. The zero-order valence-electron chi connectivity index (χ0n) is 12.2. The summed E-state index contributed by atoms with van der Waals surface area (Å²) < 4.78 is 0. The van der Waals surface area contributed by atoms with Crippen molar-refractivity contribution in [3.63, 3.8) is 0 Å². The molecule has 3 unspecified atom stereocenters. The Morgan fingerprint density at radius 3 is 2.00 bits per heavy atom. The van der Waals surface area contributed by atoms with Gasteiger partial charge in [0.1, 0.15) is 0 Å². The monoisotopic (exact) mass is 255 g/mol. The molecule has 0 nitrogen and oxygen atoms in total. The summed E-state index contributed by atoms with van der Waals surface area (Å²) in [5.41, 5.74) is 0. The van der Waals surface area contributed by atoms with Gasteiger partial charge in [0.25, 0.3) is 0 Å². The van der Waals surface area contributed by atoms with Gasteiger partial charge < -0.3 is 0 Å². The van der Waals surface area contributed by atoms with Crippen molar-refractivity contribution >= 4 is 11.8 Å². The van der Waals surface area contributed by atoms with Crippen LogP contribution in [0.2, 0.25) is 0 Å². The molecule has 17 heavy (non-hydrogen) atoms. The van der Waals surface area contributed by atoms with E-state index in [-0.39, 0.29) is 0 Å². The van der Waals surface area contributed by atoms with Crippen molar-refractivity contribution < 1.29 is 0 Å². The Morgan fingerprint density at radius 2 is 1.47 bits per heavy atom. The Kier molecular flexibility index (Phi) is 11.3. The molecular formula is C16H31S. The molecule has 0 bridgehead atoms. The third kappa shape index (κ3) is 10.9. The summed E-state index contributed by atoms with van der Waals surface area (Å²) in [6, 6.07) is 0. The quantitative estimate of drug-likeness (QED) is 0.454. The third-order valence-electron chi connectivity index (χ3n) is 3.64. The van der Waals surface area contributed by atoms with E-state index < -0.39 is 0 Å². The summed E-state index contributed by atoms with van der Waals surface area (Å²) >= 11 is 1.99. The van der Waals surface area contributed by atoms with Gasteiger partial charge in [0.15, 0.2) is 0 Å². The van der Waals surface area contributed by atoms with E-state index in [0.29, 0.717) is 0 Å². The molecule has 0 spiro atoms. The van der Waals surface area contributed by atoms with Gasteiger partial charge in [-0.3, -0.25) is 0 Å². The van der Waals surface area contributed by atoms with Crippen LogP contribution in [-0.2, 0) is 0 Å². The Morgan fingerprint density at radius 1 is 0.941 bits per heavy atom. The van der Waals surface area contributed by atoms with Gasteiger partial charge in [-0.2, -0.15) is 11.8 Å². The van der Waals surface area contributed by atoms with Gasteiger partial charge in [0.05, 0.1) is 0 Å². The van der Waals surface area contributed by atoms with E-state index in [4.69, 9.17) is 6.58 Å². The smallest absolute Gasteiger partial charge is 0.00159 e. The second-order valence-corrected chi connectivity index (χ2v) is 6.87. The van der Waals surface area contributed by atoms with Crippen LogP contribution in [0.5, 0.6) is 0 Å². The normalized spacial score (nSPS) is 16.5. The fraction of sp³-hybridized carbons (Fsp3) is 0.875. The van der Waals surface area contributed by atoms with E-state index in [1.165, 1.54) is 38.5 Å². The van der Waals surface area contributed by atoms with Crippen LogP contribution in [0.4, 0.5) is 0 Å². The van der Waals surface area contributed by atoms with Gasteiger partial charge >= 0.3 is 0 Å². The highest BCUT2D eigenvalue weighted by atomic mass is 32.2. The van der Waals surface area contributed by atoms with E-state index in [1.54, 1.807) is 6.08 Å². The van der Waals surface area contributed by atoms with Crippen molar-refractivity contribution in [3.8, 4) is 0 Å². The minimum Gasteiger partial charge on any atom is -0.162 e. The molecule has 0 rings (SSSR count). The fourth-order valence-corrected chi connectivity index (χ4v) is 2.58. The molecule has 0 saturated heterocycles. The maximum absolute atomic E-state index is 5.44. The van der Waals surface area contributed by atoms with Gasteiger partial charge in [-0.05, 0) is 30.9 Å². The standard InChI is InChI=1S/C16H31S/c1-6-9-14(2)10-7-11-15(3)12-8-13-16(4)17-5/h1,6,14-16H,7-13H2,2-5H3. The molecule has 101 valence electrons. The Hall–Kier alpha value is 0.0900. The van der Waals surface area contributed by atoms with Crippen LogP contribution >= 0.6 is 11.8 Å². The van der Waals surface area contributed by atoms with Gasteiger partial charge in [0, 0.05) is 5.25 Å². The van der Waals surface area contributed by atoms with Crippen molar-refractivity contribution in [2.45, 2.75) is 71.0 Å². The number of hydrogen-bond donors (Lipinski definition) is 0. The predicted octanol–water partition coefficient (Wildman–Crippen LogP) is 5.73. The molecule has 0 aromatic rings. The van der Waals surface area contributed by atoms with Crippen LogP contribution in [0.25, 0.3) is 0 Å². The second-order valence-electron chi connectivity index (χ2n) is 5.59. The van der Waals surface area contributed by atoms with Crippen LogP contribution in [-0.4, -0.2) is 11.5 Å². The van der Waals surface area contributed by atoms with Crippen LogP contribution in [0.15, 0.2) is 6.08 Å². The summed E-state index contributed by atoms with van der Waals surface area (Å²) in [6.07, 6.45) is 13.4. The topological polar surface area (TPSA) is 0 Å². The second kappa shape index (κ2) is 11.2. The molecule has 3 atom stereocenters. The maximum Gasteiger partial charge on any atom is 0.00159 e. The SMILES string of the molecule is [CH]=CCC(C)CCCC(C)CCCC(C)SC. The van der Waals surface area contributed by atoms with Crippen molar-refractivity contribution in [2.24, 2.45) is 11.8 Å². The first-order valence-electron chi connectivity index (χ1n) is 7.16. The molecular weight excluding hydrogens is 224 g/mol. The average Bonchev–Trinajstić information content (AvgIpc) is 2.29. The zero-order valence-corrected chi connectivity index (χ0v) is 13.1. The lowest BCUT2D eigenvalue weighted by atomic mass is 9.93. The first-order valence-corrected chi connectivity index (χ1v) is 8.45. The van der Waals surface area contributed by atoms with Crippen molar-refractivity contribution in [3.05, 3.63) is 12.7 Å². The van der Waals surface area contributed by atoms with Crippen molar-refractivity contribution in [2.75, 3.05) is 6.26 Å². The lowest BCUT2D eigenvalue weighted by molar-refractivity contribution is 0.414. The molecule has 0 aliphatic carbocycles. The van der Waals surface area contributed by atoms with E-state index in [0.717, 1.165) is 23.5 Å². The molecule has 0 heterocycles. The molecule has 0 fully saturated rings. The highest BCUT2D eigenvalue weighted by Gasteiger charge is 2.06. The zero-order chi connectivity index (χ0) is 13.1. The first-order chi connectivity index (χ1) is 8.10. The van der Waals surface area contributed by atoms with Crippen LogP contribution in [0, 0.1) is 18.4 Å². The largest absolute Gasteiger partial charge is 0.162 e. The first kappa shape index (κ1) is 17.1. The van der Waals surface area contributed by atoms with E-state index in [2.05, 4.69) is 27.0 Å². The molecule has 0 amide bonds. The molecule has 1 radical (unpaired) electrons. The third-order valence-corrected chi connectivity index (χ3v) is 4.68. The molecule has 0 saturated carbocycles. The van der Waals surface area contributed by atoms with Gasteiger partial charge in [-0.1, -0.05) is 65.5 Å². The van der Waals surface area contributed by atoms with Gasteiger partial charge in [-0.15, -0.1) is 0 Å². The fourth-order valence-electron chi connectivity index (χ4n) is 2.18. The van der Waals surface area contributed by atoms with Gasteiger partial charge in [-0.25, -0.2) is 0 Å². The summed E-state index contributed by atoms with van der Waals surface area (Å²) in [5, 5.41) is 0.835. The van der Waals surface area contributed by atoms with Crippen molar-refractivity contribution in [1.82, 2.24) is 0 Å². The highest BCUT2D eigenvalue weighted by Crippen LogP contribution is 2.21. The van der Waals surface area contributed by atoms with E-state index in [9.17, 15) is 0 Å². The summed E-state index contributed by atoms with van der Waals surface area (Å²) in [4.78, 5) is 0. The highest BCUT2D eigenvalue weighted by molar-refractivity contribution is 7.99. The molecule has 0 N–H and O–H groups in total. The maximum atomic E-state index is 5.44. The van der Waals surface area contributed by atoms with Gasteiger partial charge in [0.2, 0.25) is 0 Å². The number of hydrogen-bond acceptors (Lipinski definition) is 1. The van der Waals surface area contributed by atoms with E-state index >= 15 is 0 Å². The Balaban J connectivity index is 3.40. The molecule has 0 aliphatic rings.